The average Bonchev–Trinajstić information content (AvgIpc) is 2.29. The van der Waals surface area contributed by atoms with Gasteiger partial charge >= 0.3 is 0 Å². The van der Waals surface area contributed by atoms with Crippen LogP contribution in [0, 0.1) is 0 Å². The van der Waals surface area contributed by atoms with E-state index >= 15 is 0 Å². The molecule has 2 rings (SSSR count). The molecule has 0 amide bonds. The first-order valence-corrected chi connectivity index (χ1v) is 4.99. The molecule has 82 valence electrons. The Balaban J connectivity index is 2.63. The molecule has 0 saturated heterocycles. The fourth-order valence-corrected chi connectivity index (χ4v) is 1.55. The van der Waals surface area contributed by atoms with E-state index in [9.17, 15) is 9.59 Å². The number of H-pyrrole nitrogens is 1. The molecule has 1 aromatic carbocycles. The molecule has 4 heteroatoms. The molecule has 1 aromatic heterocycles. The summed E-state index contributed by atoms with van der Waals surface area (Å²) in [5.74, 6) is 0.721. The maximum absolute atomic E-state index is 11.4. The molecule has 0 radical (unpaired) electrons. The molecule has 0 saturated carbocycles. The number of aldehydes is 1. The van der Waals surface area contributed by atoms with Gasteiger partial charge in [0.15, 0.2) is 6.29 Å². The van der Waals surface area contributed by atoms with Crippen molar-refractivity contribution in [3.63, 3.8) is 0 Å². The Hall–Kier alpha value is -2.10. The number of benzene rings is 1. The summed E-state index contributed by atoms with van der Waals surface area (Å²) in [5, 5.41) is 0.785. The van der Waals surface area contributed by atoms with Crippen molar-refractivity contribution in [2.24, 2.45) is 0 Å². The van der Waals surface area contributed by atoms with E-state index in [0.717, 1.165) is 11.1 Å². The second-order valence-electron chi connectivity index (χ2n) is 3.35. The zero-order chi connectivity index (χ0) is 11.5. The smallest absolute Gasteiger partial charge is 0.259 e. The van der Waals surface area contributed by atoms with Crippen molar-refractivity contribution in [2.45, 2.75) is 6.92 Å². The van der Waals surface area contributed by atoms with E-state index in [1.54, 1.807) is 24.3 Å². The molecular weight excluding hydrogens is 206 g/mol. The van der Waals surface area contributed by atoms with Gasteiger partial charge in [-0.1, -0.05) is 0 Å². The van der Waals surface area contributed by atoms with E-state index in [4.69, 9.17) is 4.74 Å². The molecule has 0 atom stereocenters. The van der Waals surface area contributed by atoms with Crippen molar-refractivity contribution in [3.05, 3.63) is 40.2 Å². The van der Waals surface area contributed by atoms with Gasteiger partial charge in [0.05, 0.1) is 12.2 Å². The van der Waals surface area contributed by atoms with E-state index in [1.807, 2.05) is 6.92 Å². The molecule has 0 bridgehead atoms. The lowest BCUT2D eigenvalue weighted by Crippen LogP contribution is -2.11. The van der Waals surface area contributed by atoms with Crippen LogP contribution in [0.3, 0.4) is 0 Å². The lowest BCUT2D eigenvalue weighted by Gasteiger charge is -2.04. The highest BCUT2D eigenvalue weighted by Crippen LogP contribution is 2.18. The van der Waals surface area contributed by atoms with Crippen LogP contribution in [0.1, 0.15) is 17.3 Å². The largest absolute Gasteiger partial charge is 0.494 e. The molecule has 2 aromatic rings. The summed E-state index contributed by atoms with van der Waals surface area (Å²) in [7, 11) is 0. The summed E-state index contributed by atoms with van der Waals surface area (Å²) in [6.45, 7) is 2.48. The number of pyridine rings is 1. The molecular formula is C12H11NO3. The summed E-state index contributed by atoms with van der Waals surface area (Å²) in [6, 6.07) is 6.89. The van der Waals surface area contributed by atoms with Crippen molar-refractivity contribution in [3.8, 4) is 5.75 Å². The normalized spacial score (nSPS) is 10.3. The molecule has 0 unspecified atom stereocenters. The van der Waals surface area contributed by atoms with Crippen LogP contribution in [0.2, 0.25) is 0 Å². The van der Waals surface area contributed by atoms with Gasteiger partial charge in [0.2, 0.25) is 0 Å². The van der Waals surface area contributed by atoms with E-state index in [-0.39, 0.29) is 11.1 Å². The summed E-state index contributed by atoms with van der Waals surface area (Å²) < 4.78 is 5.34. The van der Waals surface area contributed by atoms with Crippen LogP contribution in [0.5, 0.6) is 5.75 Å². The second kappa shape index (κ2) is 4.18. The van der Waals surface area contributed by atoms with Gasteiger partial charge < -0.3 is 9.72 Å². The van der Waals surface area contributed by atoms with Gasteiger partial charge in [-0.25, -0.2) is 0 Å². The number of carbonyl (C=O) groups excluding carboxylic acids is 1. The Morgan fingerprint density at radius 1 is 1.38 bits per heavy atom. The topological polar surface area (TPSA) is 59.2 Å². The number of ether oxygens (including phenoxy) is 1. The molecule has 0 spiro atoms. The van der Waals surface area contributed by atoms with Gasteiger partial charge in [0, 0.05) is 10.9 Å². The van der Waals surface area contributed by atoms with Crippen LogP contribution in [-0.4, -0.2) is 17.9 Å². The quantitative estimate of drug-likeness (QED) is 0.796. The van der Waals surface area contributed by atoms with Crippen LogP contribution >= 0.6 is 0 Å². The van der Waals surface area contributed by atoms with Crippen molar-refractivity contribution in [1.82, 2.24) is 4.98 Å². The third-order valence-corrected chi connectivity index (χ3v) is 2.28. The predicted octanol–water partition coefficient (Wildman–Crippen LogP) is 1.74. The van der Waals surface area contributed by atoms with Gasteiger partial charge in [0.1, 0.15) is 5.75 Å². The lowest BCUT2D eigenvalue weighted by molar-refractivity contribution is 0.112. The minimum Gasteiger partial charge on any atom is -0.494 e. The van der Waals surface area contributed by atoms with Crippen molar-refractivity contribution >= 4 is 17.2 Å². The maximum atomic E-state index is 11.4. The van der Waals surface area contributed by atoms with E-state index < -0.39 is 0 Å². The van der Waals surface area contributed by atoms with Crippen LogP contribution in [0.4, 0.5) is 0 Å². The molecule has 0 fully saturated rings. The molecule has 0 aliphatic carbocycles. The Kier molecular flexibility index (Phi) is 2.72. The zero-order valence-electron chi connectivity index (χ0n) is 8.82. The van der Waals surface area contributed by atoms with Crippen LogP contribution in [-0.2, 0) is 0 Å². The first-order chi connectivity index (χ1) is 7.74. The second-order valence-corrected chi connectivity index (χ2v) is 3.35. The minimum atomic E-state index is -0.369. The standard InChI is InChI=1S/C12H11NO3/c1-2-16-10-3-4-11-8(6-10)5-9(7-14)12(15)13-11/h3-7H,2H2,1H3,(H,13,15). The molecule has 0 aliphatic heterocycles. The summed E-state index contributed by atoms with van der Waals surface area (Å²) in [4.78, 5) is 24.6. The van der Waals surface area contributed by atoms with E-state index in [1.165, 1.54) is 0 Å². The number of carbonyl (C=O) groups is 1. The Morgan fingerprint density at radius 2 is 2.19 bits per heavy atom. The molecule has 16 heavy (non-hydrogen) atoms. The van der Waals surface area contributed by atoms with Crippen molar-refractivity contribution in [2.75, 3.05) is 6.61 Å². The fourth-order valence-electron chi connectivity index (χ4n) is 1.55. The summed E-state index contributed by atoms with van der Waals surface area (Å²) in [5.41, 5.74) is 0.451. The van der Waals surface area contributed by atoms with Gasteiger partial charge in [-0.05, 0) is 31.2 Å². The third kappa shape index (κ3) is 1.82. The minimum absolute atomic E-state index is 0.126. The van der Waals surface area contributed by atoms with Gasteiger partial charge in [-0.2, -0.15) is 0 Å². The molecule has 1 heterocycles. The Labute approximate surface area is 91.9 Å². The average molecular weight is 217 g/mol. The van der Waals surface area contributed by atoms with Crippen LogP contribution < -0.4 is 10.3 Å². The molecule has 0 aliphatic rings. The number of aromatic amines is 1. The first-order valence-electron chi connectivity index (χ1n) is 4.99. The third-order valence-electron chi connectivity index (χ3n) is 2.28. The lowest BCUT2D eigenvalue weighted by atomic mass is 10.1. The van der Waals surface area contributed by atoms with Gasteiger partial charge in [-0.15, -0.1) is 0 Å². The predicted molar refractivity (Wildman–Crippen MR) is 61.1 cm³/mol. The van der Waals surface area contributed by atoms with Crippen molar-refractivity contribution in [1.29, 1.82) is 0 Å². The van der Waals surface area contributed by atoms with Crippen LogP contribution in [0.15, 0.2) is 29.1 Å². The Bertz CT molecular complexity index is 586. The highest BCUT2D eigenvalue weighted by atomic mass is 16.5. The molecule has 1 N–H and O–H groups in total. The highest BCUT2D eigenvalue weighted by molar-refractivity contribution is 5.86. The highest BCUT2D eigenvalue weighted by Gasteiger charge is 2.02. The van der Waals surface area contributed by atoms with Gasteiger partial charge in [0.25, 0.3) is 5.56 Å². The number of nitrogens with one attached hydrogen (secondary N) is 1. The van der Waals surface area contributed by atoms with E-state index in [0.29, 0.717) is 18.4 Å². The molecule has 4 nitrogen and oxygen atoms in total. The maximum Gasteiger partial charge on any atom is 0.259 e. The van der Waals surface area contributed by atoms with Crippen molar-refractivity contribution < 1.29 is 9.53 Å². The number of fused-ring (bicyclic) bond motifs is 1. The summed E-state index contributed by atoms with van der Waals surface area (Å²) >= 11 is 0. The SMILES string of the molecule is CCOc1ccc2[nH]c(=O)c(C=O)cc2c1. The fraction of sp³-hybridized carbons (Fsp3) is 0.167. The number of rotatable bonds is 3. The summed E-state index contributed by atoms with van der Waals surface area (Å²) in [6.07, 6.45) is 0.547. The monoisotopic (exact) mass is 217 g/mol. The van der Waals surface area contributed by atoms with Crippen LogP contribution in [0.25, 0.3) is 10.9 Å². The number of hydrogen-bond donors (Lipinski definition) is 1. The van der Waals surface area contributed by atoms with E-state index in [2.05, 4.69) is 4.98 Å². The number of hydrogen-bond acceptors (Lipinski definition) is 3. The zero-order valence-corrected chi connectivity index (χ0v) is 8.82. The van der Waals surface area contributed by atoms with Gasteiger partial charge in [-0.3, -0.25) is 9.59 Å². The number of aromatic nitrogens is 1. The first kappa shape index (κ1) is 10.4. The Morgan fingerprint density at radius 3 is 2.88 bits per heavy atom.